The Bertz CT molecular complexity index is 642. The van der Waals surface area contributed by atoms with Gasteiger partial charge in [-0.15, -0.1) is 0 Å². The minimum atomic E-state index is 0.683. The predicted molar refractivity (Wildman–Crippen MR) is 98.4 cm³/mol. The molecule has 3 nitrogen and oxygen atoms in total. The molecule has 122 valence electrons. The molecule has 1 fully saturated rings. The maximum atomic E-state index is 5.94. The van der Waals surface area contributed by atoms with Crippen molar-refractivity contribution < 1.29 is 4.74 Å². The summed E-state index contributed by atoms with van der Waals surface area (Å²) in [6.07, 6.45) is 1.27. The molecule has 0 saturated carbocycles. The molecule has 2 N–H and O–H groups in total. The van der Waals surface area contributed by atoms with Crippen LogP contribution in [0.15, 0.2) is 46.9 Å². The molecule has 1 aliphatic heterocycles. The first-order chi connectivity index (χ1) is 11.2. The van der Waals surface area contributed by atoms with Crippen LogP contribution in [0.2, 0.25) is 5.02 Å². The highest BCUT2D eigenvalue weighted by molar-refractivity contribution is 9.10. The van der Waals surface area contributed by atoms with Crippen LogP contribution in [0.3, 0.4) is 0 Å². The van der Waals surface area contributed by atoms with Crippen LogP contribution in [-0.2, 0) is 6.54 Å². The Morgan fingerprint density at radius 3 is 2.74 bits per heavy atom. The molecular formula is C18H20BrClN2O. The summed E-state index contributed by atoms with van der Waals surface area (Å²) in [7, 11) is 0. The van der Waals surface area contributed by atoms with Crippen LogP contribution in [0.25, 0.3) is 0 Å². The molecule has 1 unspecified atom stereocenters. The van der Waals surface area contributed by atoms with Crippen LogP contribution in [0.1, 0.15) is 12.0 Å². The third-order valence-corrected chi connectivity index (χ3v) is 4.82. The zero-order valence-corrected chi connectivity index (χ0v) is 15.2. The molecule has 2 aromatic carbocycles. The van der Waals surface area contributed by atoms with E-state index in [0.29, 0.717) is 5.02 Å². The average Bonchev–Trinajstić information content (AvgIpc) is 3.05. The van der Waals surface area contributed by atoms with E-state index in [1.807, 2.05) is 30.3 Å². The van der Waals surface area contributed by atoms with Gasteiger partial charge >= 0.3 is 0 Å². The van der Waals surface area contributed by atoms with Gasteiger partial charge in [0.15, 0.2) is 0 Å². The minimum absolute atomic E-state index is 0.683. The summed E-state index contributed by atoms with van der Waals surface area (Å²) in [5, 5.41) is 7.60. The van der Waals surface area contributed by atoms with Crippen molar-refractivity contribution >= 4 is 27.5 Å². The Labute approximate surface area is 150 Å². The SMILES string of the molecule is Clc1ccc(Oc2ccc(CNCC3CCNC3)cc2)c(Br)c1. The molecule has 0 spiro atoms. The fraction of sp³-hybridized carbons (Fsp3) is 0.333. The average molecular weight is 396 g/mol. The van der Waals surface area contributed by atoms with Gasteiger partial charge in [0.1, 0.15) is 11.5 Å². The van der Waals surface area contributed by atoms with E-state index in [4.69, 9.17) is 16.3 Å². The molecule has 1 saturated heterocycles. The molecule has 1 heterocycles. The standard InChI is InChI=1S/C18H20BrClN2O/c19-17-9-15(20)3-6-18(17)23-16-4-1-13(2-5-16)10-22-12-14-7-8-21-11-14/h1-6,9,14,21-22H,7-8,10-12H2. The normalized spacial score (nSPS) is 17.4. The summed E-state index contributed by atoms with van der Waals surface area (Å²) in [5.74, 6) is 2.34. The van der Waals surface area contributed by atoms with Crippen LogP contribution < -0.4 is 15.4 Å². The van der Waals surface area contributed by atoms with Gasteiger partial charge in [-0.05, 0) is 83.8 Å². The molecule has 0 aliphatic carbocycles. The third kappa shape index (κ3) is 4.95. The lowest BCUT2D eigenvalue weighted by Crippen LogP contribution is -2.23. The molecule has 0 bridgehead atoms. The van der Waals surface area contributed by atoms with Crippen molar-refractivity contribution in [3.63, 3.8) is 0 Å². The fourth-order valence-electron chi connectivity index (χ4n) is 2.67. The zero-order valence-electron chi connectivity index (χ0n) is 12.8. The Morgan fingerprint density at radius 1 is 1.22 bits per heavy atom. The first-order valence-electron chi connectivity index (χ1n) is 7.84. The molecule has 3 rings (SSSR count). The Kier molecular flexibility index (Phi) is 5.95. The lowest BCUT2D eigenvalue weighted by atomic mass is 10.1. The highest BCUT2D eigenvalue weighted by Crippen LogP contribution is 2.31. The number of benzene rings is 2. The third-order valence-electron chi connectivity index (χ3n) is 3.97. The van der Waals surface area contributed by atoms with Gasteiger partial charge in [0.05, 0.1) is 4.47 Å². The van der Waals surface area contributed by atoms with Gasteiger partial charge in [-0.25, -0.2) is 0 Å². The second-order valence-corrected chi connectivity index (χ2v) is 7.10. The van der Waals surface area contributed by atoms with Crippen molar-refractivity contribution in [2.75, 3.05) is 19.6 Å². The number of hydrogen-bond donors (Lipinski definition) is 2. The monoisotopic (exact) mass is 394 g/mol. The first kappa shape index (κ1) is 16.8. The second kappa shape index (κ2) is 8.15. The Hall–Kier alpha value is -1.07. The van der Waals surface area contributed by atoms with E-state index in [0.717, 1.165) is 48.1 Å². The van der Waals surface area contributed by atoms with Gasteiger partial charge in [0.2, 0.25) is 0 Å². The topological polar surface area (TPSA) is 33.3 Å². The predicted octanol–water partition coefficient (Wildman–Crippen LogP) is 4.59. The van der Waals surface area contributed by atoms with Gasteiger partial charge < -0.3 is 15.4 Å². The van der Waals surface area contributed by atoms with Crippen LogP contribution in [0, 0.1) is 5.92 Å². The van der Waals surface area contributed by atoms with E-state index in [2.05, 4.69) is 38.7 Å². The van der Waals surface area contributed by atoms with E-state index in [1.165, 1.54) is 12.0 Å². The van der Waals surface area contributed by atoms with Crippen LogP contribution in [0.5, 0.6) is 11.5 Å². The molecule has 1 aliphatic rings. The summed E-state index contributed by atoms with van der Waals surface area (Å²) >= 11 is 9.40. The van der Waals surface area contributed by atoms with Crippen LogP contribution in [-0.4, -0.2) is 19.6 Å². The summed E-state index contributed by atoms with van der Waals surface area (Å²) in [6.45, 7) is 4.25. The molecule has 0 radical (unpaired) electrons. The number of rotatable bonds is 6. The number of halogens is 2. The van der Waals surface area contributed by atoms with E-state index < -0.39 is 0 Å². The van der Waals surface area contributed by atoms with Gasteiger partial charge in [-0.2, -0.15) is 0 Å². The van der Waals surface area contributed by atoms with E-state index in [1.54, 1.807) is 0 Å². The van der Waals surface area contributed by atoms with E-state index >= 15 is 0 Å². The molecule has 0 aromatic heterocycles. The molecule has 2 aromatic rings. The summed E-state index contributed by atoms with van der Waals surface area (Å²) in [4.78, 5) is 0. The van der Waals surface area contributed by atoms with Crippen molar-refractivity contribution in [1.29, 1.82) is 0 Å². The van der Waals surface area contributed by atoms with Gasteiger partial charge in [-0.3, -0.25) is 0 Å². The first-order valence-corrected chi connectivity index (χ1v) is 9.01. The number of ether oxygens (including phenoxy) is 1. The Balaban J connectivity index is 1.52. The zero-order chi connectivity index (χ0) is 16.1. The summed E-state index contributed by atoms with van der Waals surface area (Å²) in [5.41, 5.74) is 1.26. The highest BCUT2D eigenvalue weighted by atomic mass is 79.9. The molecule has 1 atom stereocenters. The van der Waals surface area contributed by atoms with Crippen molar-refractivity contribution in [2.24, 2.45) is 5.92 Å². The van der Waals surface area contributed by atoms with Gasteiger partial charge in [0, 0.05) is 11.6 Å². The summed E-state index contributed by atoms with van der Waals surface area (Å²) < 4.78 is 6.72. The Morgan fingerprint density at radius 2 is 2.04 bits per heavy atom. The molecule has 23 heavy (non-hydrogen) atoms. The second-order valence-electron chi connectivity index (χ2n) is 5.81. The lowest BCUT2D eigenvalue weighted by molar-refractivity contribution is 0.479. The maximum Gasteiger partial charge on any atom is 0.141 e. The van der Waals surface area contributed by atoms with Crippen molar-refractivity contribution in [2.45, 2.75) is 13.0 Å². The van der Waals surface area contributed by atoms with Crippen molar-refractivity contribution in [3.8, 4) is 11.5 Å². The molecule has 5 heteroatoms. The lowest BCUT2D eigenvalue weighted by Gasteiger charge is -2.11. The number of nitrogens with one attached hydrogen (secondary N) is 2. The van der Waals surface area contributed by atoms with Gasteiger partial charge in [-0.1, -0.05) is 23.7 Å². The highest BCUT2D eigenvalue weighted by Gasteiger charge is 2.13. The van der Waals surface area contributed by atoms with E-state index in [-0.39, 0.29) is 0 Å². The largest absolute Gasteiger partial charge is 0.456 e. The van der Waals surface area contributed by atoms with Crippen LogP contribution in [0.4, 0.5) is 0 Å². The van der Waals surface area contributed by atoms with Crippen molar-refractivity contribution in [3.05, 3.63) is 57.5 Å². The fourth-order valence-corrected chi connectivity index (χ4v) is 3.43. The summed E-state index contributed by atoms with van der Waals surface area (Å²) in [6, 6.07) is 13.7. The van der Waals surface area contributed by atoms with Crippen LogP contribution >= 0.6 is 27.5 Å². The molecule has 0 amide bonds. The molecular weight excluding hydrogens is 376 g/mol. The number of hydrogen-bond acceptors (Lipinski definition) is 3. The van der Waals surface area contributed by atoms with Crippen molar-refractivity contribution in [1.82, 2.24) is 10.6 Å². The smallest absolute Gasteiger partial charge is 0.141 e. The van der Waals surface area contributed by atoms with Gasteiger partial charge in [0.25, 0.3) is 0 Å². The minimum Gasteiger partial charge on any atom is -0.456 e. The maximum absolute atomic E-state index is 5.94. The quantitative estimate of drug-likeness (QED) is 0.750. The van der Waals surface area contributed by atoms with E-state index in [9.17, 15) is 0 Å².